The van der Waals surface area contributed by atoms with Crippen LogP contribution in [0, 0.1) is 0 Å². The first-order valence-electron chi connectivity index (χ1n) is 5.15. The molecule has 1 aromatic rings. The number of amides is 1. The Morgan fingerprint density at radius 3 is 2.39 bits per heavy atom. The fourth-order valence-electron chi connectivity index (χ4n) is 1.12. The van der Waals surface area contributed by atoms with Gasteiger partial charge in [0, 0.05) is 12.7 Å². The van der Waals surface area contributed by atoms with E-state index in [4.69, 9.17) is 4.74 Å². The molecule has 0 unspecified atom stereocenters. The molecule has 0 aliphatic heterocycles. The largest absolute Gasteiger partial charge is 0.484 e. The first-order chi connectivity index (χ1) is 8.40. The summed E-state index contributed by atoms with van der Waals surface area (Å²) in [4.78, 5) is 11.0. The lowest BCUT2D eigenvalue weighted by Crippen LogP contribution is -2.36. The van der Waals surface area contributed by atoms with Crippen molar-refractivity contribution in [3.63, 3.8) is 0 Å². The van der Waals surface area contributed by atoms with Crippen LogP contribution in [-0.2, 0) is 4.79 Å². The second kappa shape index (κ2) is 6.13. The standard InChI is InChI=1S/C11H13F3N2O2/c1-15-8-2-4-9(5-3-8)18-6-10(17)16-7-11(12,13)14/h2-5,15H,6-7H2,1H3,(H,16,17). The lowest BCUT2D eigenvalue weighted by atomic mass is 10.3. The van der Waals surface area contributed by atoms with Crippen LogP contribution in [0.4, 0.5) is 18.9 Å². The van der Waals surface area contributed by atoms with Gasteiger partial charge in [-0.25, -0.2) is 0 Å². The average Bonchev–Trinajstić information content (AvgIpc) is 2.33. The number of carbonyl (C=O) groups is 1. The van der Waals surface area contributed by atoms with Crippen molar-refractivity contribution >= 4 is 11.6 Å². The Kier molecular flexibility index (Phi) is 4.82. The summed E-state index contributed by atoms with van der Waals surface area (Å²) in [5, 5.41) is 4.61. The molecule has 0 spiro atoms. The Balaban J connectivity index is 2.33. The summed E-state index contributed by atoms with van der Waals surface area (Å²) in [5.41, 5.74) is 0.865. The molecule has 4 nitrogen and oxygen atoms in total. The van der Waals surface area contributed by atoms with Crippen molar-refractivity contribution in [3.05, 3.63) is 24.3 Å². The van der Waals surface area contributed by atoms with Gasteiger partial charge in [-0.1, -0.05) is 0 Å². The molecule has 0 aliphatic carbocycles. The maximum Gasteiger partial charge on any atom is 0.405 e. The molecular formula is C11H13F3N2O2. The summed E-state index contributed by atoms with van der Waals surface area (Å²) in [7, 11) is 1.75. The number of alkyl halides is 3. The Bertz CT molecular complexity index is 390. The number of hydrogen-bond donors (Lipinski definition) is 2. The van der Waals surface area contributed by atoms with Crippen molar-refractivity contribution in [1.29, 1.82) is 0 Å². The zero-order valence-corrected chi connectivity index (χ0v) is 9.67. The molecule has 0 saturated heterocycles. The fourth-order valence-corrected chi connectivity index (χ4v) is 1.12. The first kappa shape index (κ1) is 14.1. The van der Waals surface area contributed by atoms with E-state index in [1.165, 1.54) is 0 Å². The van der Waals surface area contributed by atoms with Gasteiger partial charge in [0.2, 0.25) is 0 Å². The van der Waals surface area contributed by atoms with Gasteiger partial charge in [0.1, 0.15) is 12.3 Å². The summed E-state index contributed by atoms with van der Waals surface area (Å²) >= 11 is 0. The average molecular weight is 262 g/mol. The normalized spacial score (nSPS) is 10.9. The monoisotopic (exact) mass is 262 g/mol. The van der Waals surface area contributed by atoms with Gasteiger partial charge in [-0.3, -0.25) is 4.79 Å². The van der Waals surface area contributed by atoms with Gasteiger partial charge in [0.15, 0.2) is 6.61 Å². The maximum atomic E-state index is 11.8. The highest BCUT2D eigenvalue weighted by molar-refractivity contribution is 5.77. The van der Waals surface area contributed by atoms with Gasteiger partial charge in [-0.15, -0.1) is 0 Å². The molecule has 0 aromatic heterocycles. The summed E-state index contributed by atoms with van der Waals surface area (Å²) in [6, 6.07) is 6.68. The van der Waals surface area contributed by atoms with E-state index < -0.39 is 25.2 Å². The van der Waals surface area contributed by atoms with Crippen LogP contribution in [0.2, 0.25) is 0 Å². The highest BCUT2D eigenvalue weighted by atomic mass is 19.4. The Labute approximate surface area is 102 Å². The van der Waals surface area contributed by atoms with Crippen molar-refractivity contribution in [3.8, 4) is 5.75 Å². The predicted molar refractivity (Wildman–Crippen MR) is 60.5 cm³/mol. The highest BCUT2D eigenvalue weighted by Crippen LogP contribution is 2.15. The van der Waals surface area contributed by atoms with E-state index in [-0.39, 0.29) is 0 Å². The molecule has 0 heterocycles. The third-order valence-electron chi connectivity index (χ3n) is 2.00. The smallest absolute Gasteiger partial charge is 0.405 e. The molecule has 0 atom stereocenters. The lowest BCUT2D eigenvalue weighted by Gasteiger charge is -2.09. The number of rotatable bonds is 5. The van der Waals surface area contributed by atoms with Crippen LogP contribution in [0.3, 0.4) is 0 Å². The molecule has 7 heteroatoms. The molecule has 1 aromatic carbocycles. The van der Waals surface area contributed by atoms with Crippen molar-refractivity contribution in [1.82, 2.24) is 5.32 Å². The highest BCUT2D eigenvalue weighted by Gasteiger charge is 2.27. The zero-order valence-electron chi connectivity index (χ0n) is 9.67. The topological polar surface area (TPSA) is 50.4 Å². The summed E-state index contributed by atoms with van der Waals surface area (Å²) in [6.45, 7) is -1.80. The summed E-state index contributed by atoms with van der Waals surface area (Å²) in [6.07, 6.45) is -4.41. The molecule has 2 N–H and O–H groups in total. The third-order valence-corrected chi connectivity index (χ3v) is 2.00. The van der Waals surface area contributed by atoms with Crippen LogP contribution in [-0.4, -0.2) is 32.3 Å². The SMILES string of the molecule is CNc1ccc(OCC(=O)NCC(F)(F)F)cc1. The fraction of sp³-hybridized carbons (Fsp3) is 0.364. The van der Waals surface area contributed by atoms with Gasteiger partial charge in [0.25, 0.3) is 5.91 Å². The van der Waals surface area contributed by atoms with Crippen LogP contribution in [0.1, 0.15) is 0 Å². The molecule has 0 bridgehead atoms. The molecule has 0 radical (unpaired) electrons. The first-order valence-corrected chi connectivity index (χ1v) is 5.15. The molecule has 0 fully saturated rings. The number of nitrogens with one attached hydrogen (secondary N) is 2. The molecule has 18 heavy (non-hydrogen) atoms. The van der Waals surface area contributed by atoms with Crippen molar-refractivity contribution in [2.24, 2.45) is 0 Å². The van der Waals surface area contributed by atoms with Crippen LogP contribution in [0.5, 0.6) is 5.75 Å². The minimum absolute atomic E-state index is 0.413. The van der Waals surface area contributed by atoms with Crippen LogP contribution in [0.25, 0.3) is 0 Å². The Morgan fingerprint density at radius 2 is 1.89 bits per heavy atom. The van der Waals surface area contributed by atoms with Crippen molar-refractivity contribution in [2.75, 3.05) is 25.5 Å². The van der Waals surface area contributed by atoms with Crippen LogP contribution in [0.15, 0.2) is 24.3 Å². The second-order valence-corrected chi connectivity index (χ2v) is 3.45. The van der Waals surface area contributed by atoms with E-state index in [1.54, 1.807) is 36.6 Å². The van der Waals surface area contributed by atoms with E-state index in [9.17, 15) is 18.0 Å². The molecule has 1 rings (SSSR count). The van der Waals surface area contributed by atoms with E-state index in [0.29, 0.717) is 5.75 Å². The van der Waals surface area contributed by atoms with Gasteiger partial charge in [-0.05, 0) is 24.3 Å². The number of benzene rings is 1. The summed E-state index contributed by atoms with van der Waals surface area (Å²) in [5.74, 6) is -0.402. The molecule has 1 amide bonds. The van der Waals surface area contributed by atoms with Gasteiger partial charge < -0.3 is 15.4 Å². The Morgan fingerprint density at radius 1 is 1.28 bits per heavy atom. The molecule has 0 aliphatic rings. The molecular weight excluding hydrogens is 249 g/mol. The third kappa shape index (κ3) is 5.42. The Hall–Kier alpha value is -1.92. The van der Waals surface area contributed by atoms with Crippen molar-refractivity contribution in [2.45, 2.75) is 6.18 Å². The van der Waals surface area contributed by atoms with Gasteiger partial charge in [-0.2, -0.15) is 13.2 Å². The molecule has 100 valence electrons. The number of carbonyl (C=O) groups excluding carboxylic acids is 1. The van der Waals surface area contributed by atoms with Gasteiger partial charge >= 0.3 is 6.18 Å². The van der Waals surface area contributed by atoms with E-state index in [0.717, 1.165) is 5.69 Å². The van der Waals surface area contributed by atoms with Gasteiger partial charge in [0.05, 0.1) is 0 Å². The number of hydrogen-bond acceptors (Lipinski definition) is 3. The lowest BCUT2D eigenvalue weighted by molar-refractivity contribution is -0.139. The number of anilines is 1. The maximum absolute atomic E-state index is 11.8. The van der Waals surface area contributed by atoms with Crippen LogP contribution < -0.4 is 15.4 Å². The predicted octanol–water partition coefficient (Wildman–Crippen LogP) is 1.79. The van der Waals surface area contributed by atoms with Crippen molar-refractivity contribution < 1.29 is 22.7 Å². The van der Waals surface area contributed by atoms with E-state index >= 15 is 0 Å². The number of halogens is 3. The quantitative estimate of drug-likeness (QED) is 0.850. The zero-order chi connectivity index (χ0) is 13.6. The van der Waals surface area contributed by atoms with Crippen LogP contribution >= 0.6 is 0 Å². The van der Waals surface area contributed by atoms with E-state index in [2.05, 4.69) is 5.32 Å². The summed E-state index contributed by atoms with van der Waals surface area (Å²) < 4.78 is 40.4. The van der Waals surface area contributed by atoms with E-state index in [1.807, 2.05) is 0 Å². The number of ether oxygens (including phenoxy) is 1. The second-order valence-electron chi connectivity index (χ2n) is 3.45. The minimum Gasteiger partial charge on any atom is -0.484 e. The minimum atomic E-state index is -4.41. The molecule has 0 saturated carbocycles.